The Bertz CT molecular complexity index is 491. The fourth-order valence-electron chi connectivity index (χ4n) is 1.31. The second-order valence-corrected chi connectivity index (χ2v) is 4.42. The van der Waals surface area contributed by atoms with Crippen molar-refractivity contribution in [3.05, 3.63) is 29.3 Å². The van der Waals surface area contributed by atoms with E-state index in [1.165, 1.54) is 20.2 Å². The Labute approximate surface area is 101 Å². The van der Waals surface area contributed by atoms with Crippen molar-refractivity contribution in [2.75, 3.05) is 18.5 Å². The van der Waals surface area contributed by atoms with E-state index in [0.29, 0.717) is 11.3 Å². The molecule has 0 spiro atoms. The first-order valence-electron chi connectivity index (χ1n) is 4.80. The third-order valence-corrected chi connectivity index (χ3v) is 2.97. The number of esters is 1. The van der Waals surface area contributed by atoms with Gasteiger partial charge in [-0.1, -0.05) is 0 Å². The Morgan fingerprint density at radius 1 is 1.41 bits per heavy atom. The summed E-state index contributed by atoms with van der Waals surface area (Å²) in [6.07, 6.45) is 0. The number of carbonyl (C=O) groups is 1. The first-order chi connectivity index (χ1) is 7.99. The number of ether oxygens (including phenoxy) is 1. The SMILES string of the molecule is COC(=O)c1cc(CN)cc(N(C)[SH](=O)=O)c1. The summed E-state index contributed by atoms with van der Waals surface area (Å²) < 4.78 is 27.4. The van der Waals surface area contributed by atoms with E-state index in [-0.39, 0.29) is 12.1 Å². The van der Waals surface area contributed by atoms with E-state index in [2.05, 4.69) is 4.74 Å². The maximum atomic E-state index is 11.4. The number of hydrogen-bond donors (Lipinski definition) is 2. The van der Waals surface area contributed by atoms with Crippen LogP contribution >= 0.6 is 0 Å². The molecule has 1 rings (SSSR count). The number of benzene rings is 1. The topological polar surface area (TPSA) is 89.7 Å². The third-order valence-electron chi connectivity index (χ3n) is 2.25. The molecule has 0 aliphatic rings. The molecule has 0 atom stereocenters. The van der Waals surface area contributed by atoms with Crippen LogP contribution in [0.1, 0.15) is 15.9 Å². The van der Waals surface area contributed by atoms with Gasteiger partial charge in [-0.2, -0.15) is 0 Å². The average molecular weight is 258 g/mol. The van der Waals surface area contributed by atoms with Gasteiger partial charge in [-0.3, -0.25) is 4.31 Å². The molecule has 2 N–H and O–H groups in total. The number of nitrogens with two attached hydrogens (primary N) is 1. The summed E-state index contributed by atoms with van der Waals surface area (Å²) in [7, 11) is -0.101. The van der Waals surface area contributed by atoms with E-state index in [4.69, 9.17) is 5.73 Å². The maximum Gasteiger partial charge on any atom is 0.337 e. The first-order valence-corrected chi connectivity index (χ1v) is 5.93. The highest BCUT2D eigenvalue weighted by Gasteiger charge is 2.11. The van der Waals surface area contributed by atoms with Crippen molar-refractivity contribution >= 4 is 22.5 Å². The molecule has 0 heterocycles. The summed E-state index contributed by atoms with van der Waals surface area (Å²) in [5.74, 6) is -0.531. The molecule has 17 heavy (non-hydrogen) atoms. The van der Waals surface area contributed by atoms with Crippen LogP contribution in [0.5, 0.6) is 0 Å². The number of thiol groups is 1. The molecule has 0 bridgehead atoms. The summed E-state index contributed by atoms with van der Waals surface area (Å²) in [4.78, 5) is 11.4. The molecule has 0 unspecified atom stereocenters. The van der Waals surface area contributed by atoms with Gasteiger partial charge in [0, 0.05) is 13.6 Å². The highest BCUT2D eigenvalue weighted by Crippen LogP contribution is 2.19. The number of carbonyl (C=O) groups excluding carboxylic acids is 1. The lowest BCUT2D eigenvalue weighted by atomic mass is 10.1. The smallest absolute Gasteiger partial charge is 0.337 e. The van der Waals surface area contributed by atoms with Crippen molar-refractivity contribution in [1.82, 2.24) is 0 Å². The number of nitrogens with zero attached hydrogens (tertiary/aromatic N) is 1. The lowest BCUT2D eigenvalue weighted by molar-refractivity contribution is 0.0600. The minimum atomic E-state index is -2.75. The monoisotopic (exact) mass is 258 g/mol. The zero-order valence-corrected chi connectivity index (χ0v) is 10.4. The van der Waals surface area contributed by atoms with Gasteiger partial charge in [0.1, 0.15) is 0 Å². The molecule has 0 fully saturated rings. The van der Waals surface area contributed by atoms with Crippen molar-refractivity contribution < 1.29 is 17.9 Å². The molecule has 0 radical (unpaired) electrons. The van der Waals surface area contributed by atoms with Gasteiger partial charge in [0.05, 0.1) is 18.4 Å². The predicted octanol–water partition coefficient (Wildman–Crippen LogP) is -0.105. The van der Waals surface area contributed by atoms with Gasteiger partial charge in [-0.25, -0.2) is 13.2 Å². The molecule has 1 aromatic rings. The van der Waals surface area contributed by atoms with Crippen LogP contribution in [0.2, 0.25) is 0 Å². The van der Waals surface area contributed by atoms with Gasteiger partial charge in [-0.15, -0.1) is 0 Å². The standard InChI is InChI=1S/C10H14N2O4S/c1-12(17(14)15)9-4-7(6-11)3-8(5-9)10(13)16-2/h3-5,17H,6,11H2,1-2H3. The average Bonchev–Trinajstić information content (AvgIpc) is 2.35. The summed E-state index contributed by atoms with van der Waals surface area (Å²) in [5.41, 5.74) is 6.79. The maximum absolute atomic E-state index is 11.4. The number of anilines is 1. The minimum Gasteiger partial charge on any atom is -0.465 e. The number of hydrogen-bond acceptors (Lipinski definition) is 5. The number of rotatable bonds is 4. The van der Waals surface area contributed by atoms with E-state index in [0.717, 1.165) is 4.31 Å². The van der Waals surface area contributed by atoms with Gasteiger partial charge >= 0.3 is 5.97 Å². The molecule has 0 aliphatic heterocycles. The fourth-order valence-corrected chi connectivity index (χ4v) is 1.61. The van der Waals surface area contributed by atoms with Gasteiger partial charge in [0.15, 0.2) is 0 Å². The summed E-state index contributed by atoms with van der Waals surface area (Å²) in [5, 5.41) is 0. The van der Waals surface area contributed by atoms with Crippen LogP contribution in [0, 0.1) is 0 Å². The summed E-state index contributed by atoms with van der Waals surface area (Å²) in [6, 6.07) is 4.62. The van der Waals surface area contributed by atoms with Crippen molar-refractivity contribution in [2.45, 2.75) is 6.54 Å². The van der Waals surface area contributed by atoms with Gasteiger partial charge in [0.25, 0.3) is 0 Å². The van der Waals surface area contributed by atoms with E-state index >= 15 is 0 Å². The summed E-state index contributed by atoms with van der Waals surface area (Å²) >= 11 is 0. The van der Waals surface area contributed by atoms with E-state index < -0.39 is 16.9 Å². The van der Waals surface area contributed by atoms with Crippen LogP contribution in [0.4, 0.5) is 5.69 Å². The molecule has 6 nitrogen and oxygen atoms in total. The van der Waals surface area contributed by atoms with Crippen LogP contribution in [-0.2, 0) is 22.2 Å². The van der Waals surface area contributed by atoms with E-state index in [1.807, 2.05) is 0 Å². The Hall–Kier alpha value is -1.60. The van der Waals surface area contributed by atoms with Crippen LogP contribution in [0.3, 0.4) is 0 Å². The second-order valence-electron chi connectivity index (χ2n) is 3.35. The quantitative estimate of drug-likeness (QED) is 0.581. The molecule has 0 amide bonds. The Morgan fingerprint density at radius 3 is 2.53 bits per heavy atom. The van der Waals surface area contributed by atoms with Crippen LogP contribution < -0.4 is 10.0 Å². The molecular formula is C10H14N2O4S. The normalized spacial score (nSPS) is 10.4. The fraction of sp³-hybridized carbons (Fsp3) is 0.300. The van der Waals surface area contributed by atoms with Gasteiger partial charge < -0.3 is 10.5 Å². The van der Waals surface area contributed by atoms with Crippen molar-refractivity contribution in [3.63, 3.8) is 0 Å². The van der Waals surface area contributed by atoms with Crippen molar-refractivity contribution in [2.24, 2.45) is 5.73 Å². The van der Waals surface area contributed by atoms with Gasteiger partial charge in [-0.05, 0) is 23.8 Å². The molecule has 7 heteroatoms. The lowest BCUT2D eigenvalue weighted by Gasteiger charge is -2.13. The van der Waals surface area contributed by atoms with E-state index in [1.54, 1.807) is 12.1 Å². The number of methoxy groups -OCH3 is 1. The molecule has 0 aromatic heterocycles. The van der Waals surface area contributed by atoms with Gasteiger partial charge in [0.2, 0.25) is 10.9 Å². The lowest BCUT2D eigenvalue weighted by Crippen LogP contribution is -2.16. The zero-order valence-electron chi connectivity index (χ0n) is 9.54. The second kappa shape index (κ2) is 5.65. The molecule has 0 aliphatic carbocycles. The largest absolute Gasteiger partial charge is 0.465 e. The van der Waals surface area contributed by atoms with Crippen molar-refractivity contribution in [1.29, 1.82) is 0 Å². The highest BCUT2D eigenvalue weighted by molar-refractivity contribution is 7.74. The minimum absolute atomic E-state index is 0.210. The molecule has 0 saturated heterocycles. The summed E-state index contributed by atoms with van der Waals surface area (Å²) in [6.45, 7) is 0.210. The Morgan fingerprint density at radius 2 is 2.06 bits per heavy atom. The predicted molar refractivity (Wildman–Crippen MR) is 64.4 cm³/mol. The molecule has 94 valence electrons. The highest BCUT2D eigenvalue weighted by atomic mass is 32.2. The van der Waals surface area contributed by atoms with Crippen LogP contribution in [-0.4, -0.2) is 28.5 Å². The zero-order chi connectivity index (χ0) is 13.0. The Balaban J connectivity index is 3.27. The molecule has 0 saturated carbocycles. The van der Waals surface area contributed by atoms with Crippen molar-refractivity contribution in [3.8, 4) is 0 Å². The third kappa shape index (κ3) is 3.18. The van der Waals surface area contributed by atoms with Crippen LogP contribution in [0.25, 0.3) is 0 Å². The molecule has 1 aromatic carbocycles. The van der Waals surface area contributed by atoms with Crippen LogP contribution in [0.15, 0.2) is 18.2 Å². The van der Waals surface area contributed by atoms with E-state index in [9.17, 15) is 13.2 Å². The Kier molecular flexibility index (Phi) is 4.47. The molecular weight excluding hydrogens is 244 g/mol. The first kappa shape index (κ1) is 13.5.